The topological polar surface area (TPSA) is 67.9 Å². The third-order valence-corrected chi connectivity index (χ3v) is 6.46. The number of amides is 2. The minimum Gasteiger partial charge on any atom is -0.484 e. The fourth-order valence-corrected chi connectivity index (χ4v) is 4.79. The molecule has 3 aliphatic rings. The zero-order chi connectivity index (χ0) is 20.3. The number of carbonyl (C=O) groups excluding carboxylic acids is 2. The van der Waals surface area contributed by atoms with Crippen molar-refractivity contribution in [3.63, 3.8) is 0 Å². The van der Waals surface area contributed by atoms with Crippen LogP contribution in [0.15, 0.2) is 18.2 Å². The summed E-state index contributed by atoms with van der Waals surface area (Å²) in [6, 6.07) is 5.33. The van der Waals surface area contributed by atoms with Crippen molar-refractivity contribution in [2.45, 2.75) is 63.0 Å². The van der Waals surface area contributed by atoms with Crippen LogP contribution in [0.5, 0.6) is 5.75 Å². The fourth-order valence-electron chi connectivity index (χ4n) is 4.62. The zero-order valence-electron chi connectivity index (χ0n) is 16.8. The average molecular weight is 421 g/mol. The number of nitrogens with zero attached hydrogens (tertiary/aromatic N) is 1. The highest BCUT2D eigenvalue weighted by Gasteiger charge is 2.42. The Bertz CT molecular complexity index is 755. The van der Waals surface area contributed by atoms with Crippen molar-refractivity contribution < 1.29 is 19.1 Å². The first-order chi connectivity index (χ1) is 14.0. The molecule has 6 nitrogen and oxygen atoms in total. The lowest BCUT2D eigenvalue weighted by molar-refractivity contribution is -0.123. The summed E-state index contributed by atoms with van der Waals surface area (Å²) in [5, 5.41) is 3.63. The summed E-state index contributed by atoms with van der Waals surface area (Å²) in [4.78, 5) is 27.7. The molecule has 1 saturated carbocycles. The lowest BCUT2D eigenvalue weighted by Gasteiger charge is -2.38. The Balaban J connectivity index is 1.54. The van der Waals surface area contributed by atoms with Crippen molar-refractivity contribution in [3.8, 4) is 5.75 Å². The highest BCUT2D eigenvalue weighted by Crippen LogP contribution is 2.36. The van der Waals surface area contributed by atoms with Crippen molar-refractivity contribution >= 4 is 23.4 Å². The summed E-state index contributed by atoms with van der Waals surface area (Å²) in [7, 11) is 0. The van der Waals surface area contributed by atoms with Crippen molar-refractivity contribution in [3.05, 3.63) is 28.8 Å². The molecule has 1 spiro atoms. The maximum atomic E-state index is 13.3. The Labute approximate surface area is 176 Å². The number of carbonyl (C=O) groups is 2. The van der Waals surface area contributed by atoms with E-state index in [1.807, 2.05) is 0 Å². The van der Waals surface area contributed by atoms with Gasteiger partial charge in [-0.3, -0.25) is 9.59 Å². The third kappa shape index (κ3) is 4.86. The highest BCUT2D eigenvalue weighted by atomic mass is 35.5. The molecule has 0 radical (unpaired) electrons. The molecule has 1 saturated heterocycles. The first-order valence-electron chi connectivity index (χ1n) is 10.7. The second kappa shape index (κ2) is 8.92. The molecule has 1 aromatic carbocycles. The van der Waals surface area contributed by atoms with Gasteiger partial charge in [0.15, 0.2) is 0 Å². The van der Waals surface area contributed by atoms with Crippen LogP contribution in [0.25, 0.3) is 0 Å². The van der Waals surface area contributed by atoms with Crippen molar-refractivity contribution in [1.82, 2.24) is 10.2 Å². The summed E-state index contributed by atoms with van der Waals surface area (Å²) in [5.74, 6) is 0.229. The maximum absolute atomic E-state index is 13.3. The predicted molar refractivity (Wildman–Crippen MR) is 110 cm³/mol. The molecule has 7 heteroatoms. The van der Waals surface area contributed by atoms with E-state index in [2.05, 4.69) is 5.32 Å². The number of hydrogen-bond acceptors (Lipinski definition) is 4. The van der Waals surface area contributed by atoms with E-state index in [9.17, 15) is 9.59 Å². The van der Waals surface area contributed by atoms with Gasteiger partial charge < -0.3 is 19.7 Å². The van der Waals surface area contributed by atoms with E-state index < -0.39 is 5.60 Å². The molecule has 1 aliphatic carbocycles. The van der Waals surface area contributed by atoms with Gasteiger partial charge in [0.25, 0.3) is 5.91 Å². The summed E-state index contributed by atoms with van der Waals surface area (Å²) >= 11 is 6.14. The molecule has 29 heavy (non-hydrogen) atoms. The van der Waals surface area contributed by atoms with Gasteiger partial charge in [-0.15, -0.1) is 0 Å². The van der Waals surface area contributed by atoms with Crippen LogP contribution in [0.4, 0.5) is 0 Å². The van der Waals surface area contributed by atoms with Crippen LogP contribution in [-0.4, -0.2) is 54.7 Å². The van der Waals surface area contributed by atoms with Crippen LogP contribution in [-0.2, 0) is 9.53 Å². The van der Waals surface area contributed by atoms with Crippen LogP contribution >= 0.6 is 11.6 Å². The standard InChI is InChI=1S/C22H29ClN2O4/c23-16-7-8-19-18(13-16)21(27)25(15-22(29-19)9-11-28-12-10-22)14-20(26)24-17-5-3-1-2-4-6-17/h7-8,13,17H,1-6,9-12,14-15H2,(H,24,26). The third-order valence-electron chi connectivity index (χ3n) is 6.22. The maximum Gasteiger partial charge on any atom is 0.258 e. The molecule has 0 aromatic heterocycles. The second-order valence-corrected chi connectivity index (χ2v) is 8.89. The molecular weight excluding hydrogens is 392 g/mol. The smallest absolute Gasteiger partial charge is 0.258 e. The largest absolute Gasteiger partial charge is 0.484 e. The molecular formula is C22H29ClN2O4. The molecule has 2 amide bonds. The predicted octanol–water partition coefficient (Wildman–Crippen LogP) is 3.56. The number of halogens is 1. The molecule has 1 aromatic rings. The van der Waals surface area contributed by atoms with Gasteiger partial charge >= 0.3 is 0 Å². The minimum absolute atomic E-state index is 0.0350. The molecule has 0 atom stereocenters. The Kier molecular flexibility index (Phi) is 6.30. The van der Waals surface area contributed by atoms with E-state index in [0.29, 0.717) is 48.9 Å². The van der Waals surface area contributed by atoms with E-state index in [4.69, 9.17) is 21.1 Å². The second-order valence-electron chi connectivity index (χ2n) is 8.46. The van der Waals surface area contributed by atoms with E-state index in [1.165, 1.54) is 12.8 Å². The number of nitrogens with one attached hydrogen (secondary N) is 1. The Hall–Kier alpha value is -1.79. The average Bonchev–Trinajstić information content (AvgIpc) is 3.01. The first kappa shape index (κ1) is 20.5. The number of hydrogen-bond donors (Lipinski definition) is 1. The van der Waals surface area contributed by atoms with Gasteiger partial charge in [0, 0.05) is 23.9 Å². The fraction of sp³-hybridized carbons (Fsp3) is 0.636. The Morgan fingerprint density at radius 3 is 2.62 bits per heavy atom. The van der Waals surface area contributed by atoms with Crippen molar-refractivity contribution in [2.24, 2.45) is 0 Å². The summed E-state index contributed by atoms with van der Waals surface area (Å²) < 4.78 is 11.9. The summed E-state index contributed by atoms with van der Waals surface area (Å²) in [6.45, 7) is 1.57. The molecule has 1 N–H and O–H groups in total. The van der Waals surface area contributed by atoms with Crippen LogP contribution in [0.1, 0.15) is 61.7 Å². The number of fused-ring (bicyclic) bond motifs is 1. The van der Waals surface area contributed by atoms with E-state index in [1.54, 1.807) is 23.1 Å². The van der Waals surface area contributed by atoms with Gasteiger partial charge in [-0.25, -0.2) is 0 Å². The van der Waals surface area contributed by atoms with Crippen LogP contribution in [0.3, 0.4) is 0 Å². The molecule has 0 bridgehead atoms. The monoisotopic (exact) mass is 420 g/mol. The summed E-state index contributed by atoms with van der Waals surface area (Å²) in [5.41, 5.74) is -0.113. The molecule has 0 unspecified atom stereocenters. The van der Waals surface area contributed by atoms with Gasteiger partial charge in [0.2, 0.25) is 5.91 Å². The van der Waals surface area contributed by atoms with Gasteiger partial charge in [-0.05, 0) is 31.0 Å². The number of rotatable bonds is 3. The highest BCUT2D eigenvalue weighted by molar-refractivity contribution is 6.31. The molecule has 2 aliphatic heterocycles. The Morgan fingerprint density at radius 2 is 1.90 bits per heavy atom. The van der Waals surface area contributed by atoms with Crippen LogP contribution in [0.2, 0.25) is 5.02 Å². The normalized spacial score (nSPS) is 22.4. The molecule has 158 valence electrons. The van der Waals surface area contributed by atoms with Crippen LogP contribution in [0, 0.1) is 0 Å². The molecule has 2 fully saturated rings. The SMILES string of the molecule is O=C(CN1CC2(CCOCC2)Oc2ccc(Cl)cc2C1=O)NC1CCCCCC1. The number of ether oxygens (including phenoxy) is 2. The molecule has 4 rings (SSSR count). The van der Waals surface area contributed by atoms with Gasteiger partial charge in [0.1, 0.15) is 17.9 Å². The van der Waals surface area contributed by atoms with Gasteiger partial charge in [-0.2, -0.15) is 0 Å². The van der Waals surface area contributed by atoms with Crippen molar-refractivity contribution in [2.75, 3.05) is 26.3 Å². The Morgan fingerprint density at radius 1 is 1.17 bits per heavy atom. The van der Waals surface area contributed by atoms with E-state index in [0.717, 1.165) is 25.7 Å². The number of benzene rings is 1. The molecule has 2 heterocycles. The van der Waals surface area contributed by atoms with E-state index in [-0.39, 0.29) is 24.4 Å². The minimum atomic E-state index is -0.532. The summed E-state index contributed by atoms with van der Waals surface area (Å²) in [6.07, 6.45) is 8.16. The van der Waals surface area contributed by atoms with Crippen molar-refractivity contribution in [1.29, 1.82) is 0 Å². The van der Waals surface area contributed by atoms with Crippen LogP contribution < -0.4 is 10.1 Å². The van der Waals surface area contributed by atoms with Gasteiger partial charge in [0.05, 0.1) is 25.3 Å². The van der Waals surface area contributed by atoms with E-state index >= 15 is 0 Å². The van der Waals surface area contributed by atoms with Gasteiger partial charge in [-0.1, -0.05) is 37.3 Å². The first-order valence-corrected chi connectivity index (χ1v) is 11.1. The lowest BCUT2D eigenvalue weighted by Crippen LogP contribution is -2.53. The zero-order valence-corrected chi connectivity index (χ0v) is 17.5. The quantitative estimate of drug-likeness (QED) is 0.759. The lowest BCUT2D eigenvalue weighted by atomic mass is 9.93.